The van der Waals surface area contributed by atoms with E-state index in [1.807, 2.05) is 39.0 Å². The fraction of sp³-hybridized carbons (Fsp3) is 0.263. The maximum atomic E-state index is 12.4. The second-order valence-electron chi connectivity index (χ2n) is 5.53. The van der Waals surface area contributed by atoms with Crippen molar-refractivity contribution < 1.29 is 14.3 Å². The van der Waals surface area contributed by atoms with Crippen molar-refractivity contribution >= 4 is 11.6 Å². The van der Waals surface area contributed by atoms with Crippen molar-refractivity contribution in [2.45, 2.75) is 27.2 Å². The smallest absolute Gasteiger partial charge is 0.174 e. The average molecular weight is 296 g/mol. The number of hydrogen-bond donors (Lipinski definition) is 0. The zero-order valence-corrected chi connectivity index (χ0v) is 13.4. The molecule has 0 aliphatic carbocycles. The number of benzene rings is 2. The molecule has 0 fully saturated rings. The molecule has 0 saturated heterocycles. The summed E-state index contributed by atoms with van der Waals surface area (Å²) in [5, 5.41) is 0. The minimum Gasteiger partial charge on any atom is -0.496 e. The van der Waals surface area contributed by atoms with Crippen LogP contribution >= 0.6 is 0 Å². The van der Waals surface area contributed by atoms with Gasteiger partial charge in [0.2, 0.25) is 0 Å². The molecule has 0 spiro atoms. The Bertz CT molecular complexity index is 729. The Balaban J connectivity index is 2.21. The molecule has 3 heteroatoms. The SMILES string of the molecule is COc1cc(C)ccc1C(=O)CC(=O)c1ccc(C)c(C)c1. The molecular formula is C19H20O3. The summed E-state index contributed by atoms with van der Waals surface area (Å²) in [6.07, 6.45) is -0.151. The molecule has 0 bridgehead atoms. The molecule has 0 N–H and O–H groups in total. The number of ether oxygens (including phenoxy) is 1. The van der Waals surface area contributed by atoms with Crippen molar-refractivity contribution in [1.29, 1.82) is 0 Å². The molecule has 114 valence electrons. The summed E-state index contributed by atoms with van der Waals surface area (Å²) in [5.74, 6) is 0.119. The van der Waals surface area contributed by atoms with Gasteiger partial charge in [0.1, 0.15) is 5.75 Å². The standard InChI is InChI=1S/C19H20O3/c1-12-5-8-16(19(9-12)22-4)18(21)11-17(20)15-7-6-13(2)14(3)10-15/h5-10H,11H2,1-4H3. The van der Waals surface area contributed by atoms with Gasteiger partial charge in [0.05, 0.1) is 19.1 Å². The van der Waals surface area contributed by atoms with E-state index in [1.54, 1.807) is 18.2 Å². The molecule has 0 aromatic heterocycles. The van der Waals surface area contributed by atoms with Crippen LogP contribution in [0.25, 0.3) is 0 Å². The van der Waals surface area contributed by atoms with Gasteiger partial charge in [-0.3, -0.25) is 9.59 Å². The third kappa shape index (κ3) is 3.42. The second-order valence-corrected chi connectivity index (χ2v) is 5.53. The molecule has 0 atom stereocenters. The molecule has 2 aromatic rings. The number of carbonyl (C=O) groups excluding carboxylic acids is 2. The Hall–Kier alpha value is -2.42. The van der Waals surface area contributed by atoms with Gasteiger partial charge in [0.25, 0.3) is 0 Å². The lowest BCUT2D eigenvalue weighted by atomic mass is 9.98. The Morgan fingerprint density at radius 3 is 2.27 bits per heavy atom. The maximum Gasteiger partial charge on any atom is 0.174 e. The summed E-state index contributed by atoms with van der Waals surface area (Å²) in [6.45, 7) is 5.87. The van der Waals surface area contributed by atoms with Gasteiger partial charge in [0.15, 0.2) is 11.6 Å². The Kier molecular flexibility index (Phi) is 4.76. The van der Waals surface area contributed by atoms with Gasteiger partial charge < -0.3 is 4.74 Å². The summed E-state index contributed by atoms with van der Waals surface area (Å²) >= 11 is 0. The van der Waals surface area contributed by atoms with Crippen molar-refractivity contribution in [3.05, 3.63) is 64.2 Å². The molecule has 2 aromatic carbocycles. The van der Waals surface area contributed by atoms with Crippen LogP contribution in [0.4, 0.5) is 0 Å². The van der Waals surface area contributed by atoms with Gasteiger partial charge in [0, 0.05) is 5.56 Å². The summed E-state index contributed by atoms with van der Waals surface area (Å²) < 4.78 is 5.24. The molecule has 2 rings (SSSR count). The lowest BCUT2D eigenvalue weighted by molar-refractivity contribution is 0.0892. The highest BCUT2D eigenvalue weighted by Gasteiger charge is 2.17. The van der Waals surface area contributed by atoms with E-state index in [4.69, 9.17) is 4.74 Å². The summed E-state index contributed by atoms with van der Waals surface area (Å²) in [7, 11) is 1.52. The van der Waals surface area contributed by atoms with Crippen LogP contribution in [0.3, 0.4) is 0 Å². The minimum absolute atomic E-state index is 0.151. The highest BCUT2D eigenvalue weighted by molar-refractivity contribution is 6.14. The van der Waals surface area contributed by atoms with Crippen molar-refractivity contribution in [3.63, 3.8) is 0 Å². The number of Topliss-reactive ketones (excluding diaryl/α,β-unsaturated/α-hetero) is 2. The molecular weight excluding hydrogens is 276 g/mol. The molecule has 0 unspecified atom stereocenters. The first-order chi connectivity index (χ1) is 10.4. The summed E-state index contributed by atoms with van der Waals surface area (Å²) in [6, 6.07) is 10.9. The Morgan fingerprint density at radius 2 is 1.64 bits per heavy atom. The van der Waals surface area contributed by atoms with Crippen LogP contribution in [0.2, 0.25) is 0 Å². The molecule has 0 heterocycles. The number of aryl methyl sites for hydroxylation is 3. The van der Waals surface area contributed by atoms with Crippen LogP contribution in [0.1, 0.15) is 43.8 Å². The van der Waals surface area contributed by atoms with Gasteiger partial charge in [-0.25, -0.2) is 0 Å². The van der Waals surface area contributed by atoms with Gasteiger partial charge in [-0.15, -0.1) is 0 Å². The van der Waals surface area contributed by atoms with Crippen molar-refractivity contribution in [3.8, 4) is 5.75 Å². The number of ketones is 2. The van der Waals surface area contributed by atoms with Crippen LogP contribution in [0.5, 0.6) is 5.75 Å². The first-order valence-electron chi connectivity index (χ1n) is 7.20. The minimum atomic E-state index is -0.222. The number of rotatable bonds is 5. The average Bonchev–Trinajstić information content (AvgIpc) is 2.49. The molecule has 0 radical (unpaired) electrons. The topological polar surface area (TPSA) is 43.4 Å². The third-order valence-electron chi connectivity index (χ3n) is 3.81. The third-order valence-corrected chi connectivity index (χ3v) is 3.81. The Labute approximate surface area is 130 Å². The molecule has 22 heavy (non-hydrogen) atoms. The van der Waals surface area contributed by atoms with Gasteiger partial charge >= 0.3 is 0 Å². The molecule has 0 aliphatic rings. The zero-order chi connectivity index (χ0) is 16.3. The highest BCUT2D eigenvalue weighted by atomic mass is 16.5. The van der Waals surface area contributed by atoms with E-state index in [-0.39, 0.29) is 18.0 Å². The maximum absolute atomic E-state index is 12.4. The van der Waals surface area contributed by atoms with E-state index < -0.39 is 0 Å². The van der Waals surface area contributed by atoms with Crippen molar-refractivity contribution in [2.24, 2.45) is 0 Å². The van der Waals surface area contributed by atoms with Gasteiger partial charge in [-0.05, 0) is 55.7 Å². The molecule has 0 amide bonds. The van der Waals surface area contributed by atoms with E-state index in [1.165, 1.54) is 7.11 Å². The van der Waals surface area contributed by atoms with Crippen LogP contribution in [-0.2, 0) is 0 Å². The summed E-state index contributed by atoms with van der Waals surface area (Å²) in [4.78, 5) is 24.7. The van der Waals surface area contributed by atoms with Gasteiger partial charge in [-0.1, -0.05) is 18.2 Å². The van der Waals surface area contributed by atoms with Crippen molar-refractivity contribution in [1.82, 2.24) is 0 Å². The normalized spacial score (nSPS) is 10.4. The van der Waals surface area contributed by atoms with Crippen molar-refractivity contribution in [2.75, 3.05) is 7.11 Å². The number of hydrogen-bond acceptors (Lipinski definition) is 3. The van der Waals surface area contributed by atoms with E-state index in [0.29, 0.717) is 16.9 Å². The van der Waals surface area contributed by atoms with E-state index in [2.05, 4.69) is 0 Å². The van der Waals surface area contributed by atoms with E-state index in [9.17, 15) is 9.59 Å². The molecule has 3 nitrogen and oxygen atoms in total. The first kappa shape index (κ1) is 16.0. The lowest BCUT2D eigenvalue weighted by Crippen LogP contribution is -2.10. The fourth-order valence-electron chi connectivity index (χ4n) is 2.29. The number of methoxy groups -OCH3 is 1. The highest BCUT2D eigenvalue weighted by Crippen LogP contribution is 2.22. The van der Waals surface area contributed by atoms with Crippen LogP contribution in [-0.4, -0.2) is 18.7 Å². The summed E-state index contributed by atoms with van der Waals surface area (Å²) in [5.41, 5.74) is 4.20. The Morgan fingerprint density at radius 1 is 0.909 bits per heavy atom. The van der Waals surface area contributed by atoms with E-state index in [0.717, 1.165) is 16.7 Å². The first-order valence-corrected chi connectivity index (χ1v) is 7.20. The van der Waals surface area contributed by atoms with Crippen LogP contribution in [0.15, 0.2) is 36.4 Å². The largest absolute Gasteiger partial charge is 0.496 e. The van der Waals surface area contributed by atoms with E-state index >= 15 is 0 Å². The predicted molar refractivity (Wildman–Crippen MR) is 86.9 cm³/mol. The fourth-order valence-corrected chi connectivity index (χ4v) is 2.29. The van der Waals surface area contributed by atoms with Crippen LogP contribution in [0, 0.1) is 20.8 Å². The number of carbonyl (C=O) groups is 2. The second kappa shape index (κ2) is 6.56. The molecule has 0 aliphatic heterocycles. The van der Waals surface area contributed by atoms with Gasteiger partial charge in [-0.2, -0.15) is 0 Å². The quantitative estimate of drug-likeness (QED) is 0.617. The van der Waals surface area contributed by atoms with Crippen LogP contribution < -0.4 is 4.74 Å². The lowest BCUT2D eigenvalue weighted by Gasteiger charge is -2.09. The monoisotopic (exact) mass is 296 g/mol. The molecule has 0 saturated carbocycles. The zero-order valence-electron chi connectivity index (χ0n) is 13.4. The predicted octanol–water partition coefficient (Wildman–Crippen LogP) is 4.08.